The highest BCUT2D eigenvalue weighted by Gasteiger charge is 2.27. The first-order valence-electron chi connectivity index (χ1n) is 11.8. The van der Waals surface area contributed by atoms with Gasteiger partial charge in [0.05, 0.1) is 20.3 Å². The number of pyridine rings is 1. The first-order chi connectivity index (χ1) is 17.6. The Balaban J connectivity index is 1.38. The number of amides is 2. The number of carbonyl (C=O) groups is 2. The van der Waals surface area contributed by atoms with E-state index < -0.39 is 11.8 Å². The number of ether oxygens (including phenoxy) is 2. The fourth-order valence-corrected chi connectivity index (χ4v) is 4.33. The molecule has 0 unspecified atom stereocenters. The van der Waals surface area contributed by atoms with Crippen molar-refractivity contribution in [3.63, 3.8) is 0 Å². The van der Waals surface area contributed by atoms with E-state index in [4.69, 9.17) is 9.47 Å². The summed E-state index contributed by atoms with van der Waals surface area (Å²) in [7, 11) is 3.04. The molecule has 2 N–H and O–H groups in total. The van der Waals surface area contributed by atoms with Crippen LogP contribution in [0.3, 0.4) is 0 Å². The monoisotopic (exact) mass is 489 g/mol. The molecule has 9 heteroatoms. The number of piperazine rings is 1. The van der Waals surface area contributed by atoms with E-state index in [0.717, 1.165) is 31.7 Å². The van der Waals surface area contributed by atoms with Gasteiger partial charge in [0.15, 0.2) is 11.5 Å². The molecule has 1 fully saturated rings. The molecule has 0 aliphatic carbocycles. The van der Waals surface area contributed by atoms with Gasteiger partial charge in [-0.2, -0.15) is 0 Å². The maximum absolute atomic E-state index is 12.7. The van der Waals surface area contributed by atoms with Crippen LogP contribution in [0.2, 0.25) is 0 Å². The second-order valence-corrected chi connectivity index (χ2v) is 8.39. The van der Waals surface area contributed by atoms with E-state index in [9.17, 15) is 9.59 Å². The van der Waals surface area contributed by atoms with Gasteiger partial charge in [-0.1, -0.05) is 24.3 Å². The van der Waals surface area contributed by atoms with Crippen molar-refractivity contribution in [3.05, 3.63) is 78.6 Å². The number of hydrogen-bond acceptors (Lipinski definition) is 7. The fraction of sp³-hybridized carbons (Fsp3) is 0.296. The van der Waals surface area contributed by atoms with Crippen LogP contribution < -0.4 is 25.0 Å². The average molecular weight is 490 g/mol. The zero-order valence-corrected chi connectivity index (χ0v) is 20.5. The van der Waals surface area contributed by atoms with Crippen LogP contribution in [0, 0.1) is 0 Å². The Morgan fingerprint density at radius 1 is 0.917 bits per heavy atom. The molecule has 2 heterocycles. The molecule has 1 aliphatic heterocycles. The third-order valence-corrected chi connectivity index (χ3v) is 6.25. The van der Waals surface area contributed by atoms with Crippen LogP contribution in [0.25, 0.3) is 0 Å². The largest absolute Gasteiger partial charge is 0.493 e. The molecule has 2 aromatic carbocycles. The number of methoxy groups -OCH3 is 2. The van der Waals surface area contributed by atoms with E-state index in [1.807, 2.05) is 36.5 Å². The van der Waals surface area contributed by atoms with Gasteiger partial charge in [0, 0.05) is 62.6 Å². The van der Waals surface area contributed by atoms with E-state index in [0.29, 0.717) is 17.2 Å². The standard InChI is InChI=1S/C27H31N5O4/c1-35-24-11-10-21(17-25(24)36-2)30-27(34)26(33)29-19-23(20-7-6-12-28-18-20)32-15-13-31(14-16-32)22-8-4-3-5-9-22/h3-12,17-18,23H,13-16,19H2,1-2H3,(H,29,33)(H,30,34)/t23-/m1/s1. The van der Waals surface area contributed by atoms with Gasteiger partial charge in [0.1, 0.15) is 0 Å². The maximum atomic E-state index is 12.7. The van der Waals surface area contributed by atoms with Crippen LogP contribution in [0.15, 0.2) is 73.1 Å². The van der Waals surface area contributed by atoms with Gasteiger partial charge in [-0.3, -0.25) is 19.5 Å². The Morgan fingerprint density at radius 2 is 1.67 bits per heavy atom. The second kappa shape index (κ2) is 12.0. The molecule has 0 saturated carbocycles. The number of carbonyl (C=O) groups excluding carboxylic acids is 2. The molecule has 9 nitrogen and oxygen atoms in total. The summed E-state index contributed by atoms with van der Waals surface area (Å²) in [6, 6.07) is 19.0. The van der Waals surface area contributed by atoms with Gasteiger partial charge < -0.3 is 25.0 Å². The lowest BCUT2D eigenvalue weighted by atomic mass is 10.1. The lowest BCUT2D eigenvalue weighted by Gasteiger charge is -2.40. The van der Waals surface area contributed by atoms with Crippen LogP contribution in [-0.4, -0.2) is 68.6 Å². The summed E-state index contributed by atoms with van der Waals surface area (Å²) in [6.45, 7) is 3.67. The van der Waals surface area contributed by atoms with Crippen LogP contribution >= 0.6 is 0 Å². The molecule has 1 aromatic heterocycles. The first-order valence-corrected chi connectivity index (χ1v) is 11.8. The molecule has 1 saturated heterocycles. The van der Waals surface area contributed by atoms with Crippen molar-refractivity contribution < 1.29 is 19.1 Å². The lowest BCUT2D eigenvalue weighted by molar-refractivity contribution is -0.136. The van der Waals surface area contributed by atoms with Gasteiger partial charge in [-0.15, -0.1) is 0 Å². The van der Waals surface area contributed by atoms with Crippen LogP contribution in [0.5, 0.6) is 11.5 Å². The van der Waals surface area contributed by atoms with Crippen molar-refractivity contribution in [3.8, 4) is 11.5 Å². The Hall–Kier alpha value is -4.11. The smallest absolute Gasteiger partial charge is 0.313 e. The molecule has 0 radical (unpaired) electrons. The van der Waals surface area contributed by atoms with Crippen LogP contribution in [-0.2, 0) is 9.59 Å². The van der Waals surface area contributed by atoms with Crippen LogP contribution in [0.4, 0.5) is 11.4 Å². The number of anilines is 2. The van der Waals surface area contributed by atoms with E-state index in [1.54, 1.807) is 24.4 Å². The van der Waals surface area contributed by atoms with Gasteiger partial charge in [0.25, 0.3) is 0 Å². The molecule has 0 spiro atoms. The minimum atomic E-state index is -0.749. The van der Waals surface area contributed by atoms with Crippen molar-refractivity contribution in [1.29, 1.82) is 0 Å². The predicted molar refractivity (Wildman–Crippen MR) is 138 cm³/mol. The number of rotatable bonds is 8. The van der Waals surface area contributed by atoms with Crippen molar-refractivity contribution in [2.24, 2.45) is 0 Å². The van der Waals surface area contributed by atoms with Crippen molar-refractivity contribution in [2.75, 3.05) is 57.2 Å². The summed E-state index contributed by atoms with van der Waals surface area (Å²) in [5.41, 5.74) is 2.63. The van der Waals surface area contributed by atoms with Crippen molar-refractivity contribution >= 4 is 23.2 Å². The number of benzene rings is 2. The highest BCUT2D eigenvalue weighted by molar-refractivity contribution is 6.39. The van der Waals surface area contributed by atoms with Crippen LogP contribution in [0.1, 0.15) is 11.6 Å². The molecule has 1 atom stereocenters. The molecule has 3 aromatic rings. The molecule has 0 bridgehead atoms. The van der Waals surface area contributed by atoms with Gasteiger partial charge in [-0.25, -0.2) is 0 Å². The Kier molecular flexibility index (Phi) is 8.36. The molecular weight excluding hydrogens is 458 g/mol. The normalized spacial score (nSPS) is 14.6. The Morgan fingerprint density at radius 3 is 2.33 bits per heavy atom. The average Bonchev–Trinajstić information content (AvgIpc) is 2.94. The van der Waals surface area contributed by atoms with Gasteiger partial charge in [0.2, 0.25) is 0 Å². The quantitative estimate of drug-likeness (QED) is 0.470. The van der Waals surface area contributed by atoms with E-state index in [2.05, 4.69) is 37.6 Å². The third kappa shape index (κ3) is 6.11. The van der Waals surface area contributed by atoms with E-state index in [-0.39, 0.29) is 12.6 Å². The number of hydrogen-bond donors (Lipinski definition) is 2. The molecule has 1 aliphatic rings. The van der Waals surface area contributed by atoms with E-state index >= 15 is 0 Å². The topological polar surface area (TPSA) is 96.0 Å². The Labute approximate surface area is 211 Å². The lowest BCUT2D eigenvalue weighted by Crippen LogP contribution is -2.50. The summed E-state index contributed by atoms with van der Waals surface area (Å²) >= 11 is 0. The zero-order chi connectivity index (χ0) is 25.3. The maximum Gasteiger partial charge on any atom is 0.313 e. The number of aromatic nitrogens is 1. The van der Waals surface area contributed by atoms with Crippen molar-refractivity contribution in [1.82, 2.24) is 15.2 Å². The van der Waals surface area contributed by atoms with Gasteiger partial charge in [-0.05, 0) is 35.9 Å². The molecule has 188 valence electrons. The molecular formula is C27H31N5O4. The summed E-state index contributed by atoms with van der Waals surface area (Å²) in [5, 5.41) is 5.42. The summed E-state index contributed by atoms with van der Waals surface area (Å²) in [6.07, 6.45) is 3.53. The first kappa shape index (κ1) is 25.0. The summed E-state index contributed by atoms with van der Waals surface area (Å²) in [4.78, 5) is 34.2. The number of para-hydroxylation sites is 1. The van der Waals surface area contributed by atoms with Gasteiger partial charge >= 0.3 is 11.8 Å². The number of nitrogens with one attached hydrogen (secondary N) is 2. The van der Waals surface area contributed by atoms with E-state index in [1.165, 1.54) is 19.9 Å². The number of nitrogens with zero attached hydrogens (tertiary/aromatic N) is 3. The second-order valence-electron chi connectivity index (χ2n) is 8.39. The summed E-state index contributed by atoms with van der Waals surface area (Å²) in [5.74, 6) is -0.462. The highest BCUT2D eigenvalue weighted by Crippen LogP contribution is 2.29. The predicted octanol–water partition coefficient (Wildman–Crippen LogP) is 2.72. The molecule has 36 heavy (non-hydrogen) atoms. The third-order valence-electron chi connectivity index (χ3n) is 6.25. The minimum Gasteiger partial charge on any atom is -0.493 e. The van der Waals surface area contributed by atoms with Crippen molar-refractivity contribution in [2.45, 2.75) is 6.04 Å². The molecule has 4 rings (SSSR count). The minimum absolute atomic E-state index is 0.102. The summed E-state index contributed by atoms with van der Waals surface area (Å²) < 4.78 is 10.5. The Bertz CT molecular complexity index is 1150. The zero-order valence-electron chi connectivity index (χ0n) is 20.5. The molecule has 2 amide bonds. The highest BCUT2D eigenvalue weighted by atomic mass is 16.5. The SMILES string of the molecule is COc1ccc(NC(=O)C(=O)NC[C@H](c2cccnc2)N2CCN(c3ccccc3)CC2)cc1OC. The fourth-order valence-electron chi connectivity index (χ4n) is 4.33.